The lowest BCUT2D eigenvalue weighted by molar-refractivity contribution is 0.0957. The number of hydrogen-bond donors (Lipinski definition) is 2. The van der Waals surface area contributed by atoms with Gasteiger partial charge in [-0.1, -0.05) is 6.07 Å². The summed E-state index contributed by atoms with van der Waals surface area (Å²) in [6, 6.07) is 7.78. The summed E-state index contributed by atoms with van der Waals surface area (Å²) in [5.74, 6) is 4.81. The molecule has 4 nitrogen and oxygen atoms in total. The first-order valence-corrected chi connectivity index (χ1v) is 7.19. The molecule has 0 aliphatic carbocycles. The van der Waals surface area contributed by atoms with Crippen LogP contribution in [0.2, 0.25) is 0 Å². The molecule has 0 spiro atoms. The summed E-state index contributed by atoms with van der Waals surface area (Å²) in [6.07, 6.45) is 0.930. The summed E-state index contributed by atoms with van der Waals surface area (Å²) in [6.45, 7) is 1.23. The molecule has 0 fully saturated rings. The van der Waals surface area contributed by atoms with Crippen molar-refractivity contribution in [2.24, 2.45) is 5.84 Å². The summed E-state index contributed by atoms with van der Waals surface area (Å²) in [4.78, 5) is 14.2. The van der Waals surface area contributed by atoms with Gasteiger partial charge in [0.1, 0.15) is 0 Å². The van der Waals surface area contributed by atoms with Gasteiger partial charge < -0.3 is 4.74 Å². The van der Waals surface area contributed by atoms with Crippen molar-refractivity contribution in [3.63, 3.8) is 0 Å². The third-order valence-electron chi connectivity index (χ3n) is 2.33. The second-order valence-corrected chi connectivity index (χ2v) is 5.82. The molecule has 0 atom stereocenters. The van der Waals surface area contributed by atoms with E-state index >= 15 is 0 Å². The Morgan fingerprint density at radius 2 is 2.22 bits per heavy atom. The number of carbonyl (C=O) groups excluding carboxylic acids is 1. The van der Waals surface area contributed by atoms with Gasteiger partial charge in [-0.2, -0.15) is 0 Å². The molecule has 96 valence electrons. The van der Waals surface area contributed by atoms with Crippen molar-refractivity contribution in [3.05, 3.63) is 44.3 Å². The molecule has 0 radical (unpaired) electrons. The number of carbonyl (C=O) groups is 1. The summed E-state index contributed by atoms with van der Waals surface area (Å²) < 4.78 is 5.57. The van der Waals surface area contributed by atoms with Gasteiger partial charge in [0.15, 0.2) is 0 Å². The molecule has 0 bridgehead atoms. The molecule has 0 aromatic carbocycles. The average Bonchev–Trinajstić information content (AvgIpc) is 3.05. The van der Waals surface area contributed by atoms with Crippen molar-refractivity contribution >= 4 is 28.6 Å². The number of rotatable bonds is 6. The molecule has 1 amide bonds. The Kier molecular flexibility index (Phi) is 4.89. The zero-order valence-electron chi connectivity index (χ0n) is 9.72. The third-order valence-corrected chi connectivity index (χ3v) is 4.33. The van der Waals surface area contributed by atoms with E-state index in [1.54, 1.807) is 17.4 Å². The molecular formula is C12H14N2O2S2. The van der Waals surface area contributed by atoms with E-state index in [-0.39, 0.29) is 5.91 Å². The number of nitrogens with one attached hydrogen (secondary N) is 1. The number of ether oxygens (including phenoxy) is 1. The predicted octanol–water partition coefficient (Wildman–Crippen LogP) is 2.17. The summed E-state index contributed by atoms with van der Waals surface area (Å²) in [5.41, 5.74) is 2.11. The van der Waals surface area contributed by atoms with Crippen LogP contribution in [0.3, 0.4) is 0 Å². The van der Waals surface area contributed by atoms with Crippen molar-refractivity contribution in [1.82, 2.24) is 5.43 Å². The first-order chi connectivity index (χ1) is 8.79. The minimum Gasteiger partial charge on any atom is -0.376 e. The van der Waals surface area contributed by atoms with Crippen LogP contribution in [0.5, 0.6) is 0 Å². The van der Waals surface area contributed by atoms with Crippen LogP contribution in [0.25, 0.3) is 0 Å². The number of nitrogen functional groups attached to an aromatic ring is 1. The number of hydrazine groups is 1. The van der Waals surface area contributed by atoms with E-state index in [9.17, 15) is 4.79 Å². The Morgan fingerprint density at radius 3 is 2.94 bits per heavy atom. The van der Waals surface area contributed by atoms with E-state index in [1.807, 2.05) is 12.1 Å². The Morgan fingerprint density at radius 1 is 1.33 bits per heavy atom. The van der Waals surface area contributed by atoms with E-state index in [0.717, 1.165) is 11.3 Å². The van der Waals surface area contributed by atoms with Crippen molar-refractivity contribution in [3.8, 4) is 0 Å². The molecule has 6 heteroatoms. The molecule has 18 heavy (non-hydrogen) atoms. The third kappa shape index (κ3) is 3.64. The monoisotopic (exact) mass is 282 g/mol. The van der Waals surface area contributed by atoms with Crippen LogP contribution in [0.15, 0.2) is 29.6 Å². The highest BCUT2D eigenvalue weighted by Gasteiger charge is 2.07. The topological polar surface area (TPSA) is 64.3 Å². The number of thiophene rings is 2. The van der Waals surface area contributed by atoms with Gasteiger partial charge in [-0.05, 0) is 23.6 Å². The minimum absolute atomic E-state index is 0.259. The van der Waals surface area contributed by atoms with E-state index in [4.69, 9.17) is 10.6 Å². The van der Waals surface area contributed by atoms with Gasteiger partial charge in [0.05, 0.1) is 18.1 Å². The Labute approximate surface area is 113 Å². The van der Waals surface area contributed by atoms with Gasteiger partial charge in [0.25, 0.3) is 5.91 Å². The largest absolute Gasteiger partial charge is 0.376 e. The molecule has 0 saturated heterocycles. The first kappa shape index (κ1) is 13.2. The van der Waals surface area contributed by atoms with Gasteiger partial charge in [-0.3, -0.25) is 10.2 Å². The maximum atomic E-state index is 11.2. The van der Waals surface area contributed by atoms with Gasteiger partial charge in [0.2, 0.25) is 0 Å². The van der Waals surface area contributed by atoms with Gasteiger partial charge in [0, 0.05) is 16.2 Å². The van der Waals surface area contributed by atoms with Crippen molar-refractivity contribution < 1.29 is 9.53 Å². The highest BCUT2D eigenvalue weighted by atomic mass is 32.1. The SMILES string of the molecule is NNC(=O)c1ccc(COCCc2cccs2)s1. The molecule has 2 rings (SSSR count). The van der Waals surface area contributed by atoms with Gasteiger partial charge >= 0.3 is 0 Å². The molecule has 0 saturated carbocycles. The molecule has 2 aromatic heterocycles. The normalized spacial score (nSPS) is 10.5. The molecule has 2 heterocycles. The smallest absolute Gasteiger partial charge is 0.275 e. The molecular weight excluding hydrogens is 268 g/mol. The van der Waals surface area contributed by atoms with E-state index < -0.39 is 0 Å². The molecule has 0 aliphatic rings. The summed E-state index contributed by atoms with van der Waals surface area (Å²) in [7, 11) is 0. The fourth-order valence-electron chi connectivity index (χ4n) is 1.45. The van der Waals surface area contributed by atoms with Crippen LogP contribution in [0.4, 0.5) is 0 Å². The maximum Gasteiger partial charge on any atom is 0.275 e. The van der Waals surface area contributed by atoms with Crippen molar-refractivity contribution in [2.45, 2.75) is 13.0 Å². The lowest BCUT2D eigenvalue weighted by Crippen LogP contribution is -2.29. The fourth-order valence-corrected chi connectivity index (χ4v) is 2.99. The second kappa shape index (κ2) is 6.65. The minimum atomic E-state index is -0.259. The van der Waals surface area contributed by atoms with Crippen LogP contribution in [-0.2, 0) is 17.8 Å². The van der Waals surface area contributed by atoms with Crippen LogP contribution in [0, 0.1) is 0 Å². The number of hydrogen-bond acceptors (Lipinski definition) is 5. The number of amides is 1. The lowest BCUT2D eigenvalue weighted by atomic mass is 10.4. The second-order valence-electron chi connectivity index (χ2n) is 3.62. The summed E-state index contributed by atoms with van der Waals surface area (Å²) >= 11 is 3.14. The molecule has 3 N–H and O–H groups in total. The zero-order valence-corrected chi connectivity index (χ0v) is 11.4. The number of nitrogens with two attached hydrogens (primary N) is 1. The van der Waals surface area contributed by atoms with Crippen LogP contribution in [-0.4, -0.2) is 12.5 Å². The van der Waals surface area contributed by atoms with Crippen LogP contribution >= 0.6 is 22.7 Å². The molecule has 2 aromatic rings. The quantitative estimate of drug-likeness (QED) is 0.369. The Bertz CT molecular complexity index is 494. The van der Waals surface area contributed by atoms with E-state index in [2.05, 4.69) is 16.9 Å². The lowest BCUT2D eigenvalue weighted by Gasteiger charge is -2.00. The average molecular weight is 282 g/mol. The maximum absolute atomic E-state index is 11.2. The van der Waals surface area contributed by atoms with Gasteiger partial charge in [-0.25, -0.2) is 5.84 Å². The predicted molar refractivity (Wildman–Crippen MR) is 73.7 cm³/mol. The standard InChI is InChI=1S/C12H14N2O2S2/c13-14-12(15)11-4-3-10(18-11)8-16-6-5-9-2-1-7-17-9/h1-4,7H,5-6,8,13H2,(H,14,15). The Balaban J connectivity index is 1.73. The highest BCUT2D eigenvalue weighted by molar-refractivity contribution is 7.14. The molecule has 0 unspecified atom stereocenters. The van der Waals surface area contributed by atoms with E-state index in [0.29, 0.717) is 18.1 Å². The van der Waals surface area contributed by atoms with Crippen LogP contribution < -0.4 is 11.3 Å². The van der Waals surface area contributed by atoms with E-state index in [1.165, 1.54) is 16.2 Å². The summed E-state index contributed by atoms with van der Waals surface area (Å²) in [5, 5.41) is 2.06. The van der Waals surface area contributed by atoms with Crippen molar-refractivity contribution in [2.75, 3.05) is 6.61 Å². The van der Waals surface area contributed by atoms with Gasteiger partial charge in [-0.15, -0.1) is 22.7 Å². The highest BCUT2D eigenvalue weighted by Crippen LogP contribution is 2.17. The van der Waals surface area contributed by atoms with Crippen molar-refractivity contribution in [1.29, 1.82) is 0 Å². The van der Waals surface area contributed by atoms with Crippen LogP contribution in [0.1, 0.15) is 19.4 Å². The zero-order chi connectivity index (χ0) is 12.8. The molecule has 0 aliphatic heterocycles. The first-order valence-electron chi connectivity index (χ1n) is 5.49. The fraction of sp³-hybridized carbons (Fsp3) is 0.250. The Hall–Kier alpha value is -1.21.